The maximum atomic E-state index is 11.5. The topological polar surface area (TPSA) is 26.3 Å². The summed E-state index contributed by atoms with van der Waals surface area (Å²) in [6.07, 6.45) is 0. The molecular weight excluding hydrogens is 380 g/mol. The Hall–Kier alpha value is 0.130. The molecule has 5 heteroatoms. The van der Waals surface area contributed by atoms with Crippen molar-refractivity contribution in [2.45, 2.75) is 3.74 Å². The van der Waals surface area contributed by atoms with Gasteiger partial charge in [-0.15, -0.1) is 0 Å². The van der Waals surface area contributed by atoms with E-state index >= 15 is 0 Å². The second-order valence-corrected chi connectivity index (χ2v) is 6.43. The molecule has 0 amide bonds. The van der Waals surface area contributed by atoms with Gasteiger partial charge in [0, 0.05) is 5.56 Å². The molecule has 76 valence electrons. The highest BCUT2D eigenvalue weighted by molar-refractivity contribution is 9.25. The number of methoxy groups -OCH3 is 1. The molecular formula is C9H7Br3O2. The molecule has 2 nitrogen and oxygen atoms in total. The predicted molar refractivity (Wildman–Crippen MR) is 66.7 cm³/mol. The summed E-state index contributed by atoms with van der Waals surface area (Å²) in [5.41, 5.74) is 0.622. The van der Waals surface area contributed by atoms with Gasteiger partial charge in [0.15, 0.2) is 5.78 Å². The molecule has 0 heterocycles. The van der Waals surface area contributed by atoms with Crippen molar-refractivity contribution in [3.8, 4) is 5.75 Å². The molecule has 1 aromatic carbocycles. The lowest BCUT2D eigenvalue weighted by Gasteiger charge is -2.05. The molecule has 0 aromatic heterocycles. The maximum absolute atomic E-state index is 11.5. The summed E-state index contributed by atoms with van der Waals surface area (Å²) in [4.78, 5) is 11.5. The van der Waals surface area contributed by atoms with Crippen LogP contribution in [-0.2, 0) is 0 Å². The predicted octanol–water partition coefficient (Wildman–Crippen LogP) is 3.76. The van der Waals surface area contributed by atoms with Crippen molar-refractivity contribution in [3.05, 3.63) is 28.2 Å². The third kappa shape index (κ3) is 2.81. The fraction of sp³-hybridized carbons (Fsp3) is 0.222. The minimum absolute atomic E-state index is 0.0200. The Morgan fingerprint density at radius 1 is 1.43 bits per heavy atom. The molecule has 0 bridgehead atoms. The van der Waals surface area contributed by atoms with Crippen molar-refractivity contribution in [2.24, 2.45) is 0 Å². The van der Waals surface area contributed by atoms with E-state index in [1.54, 1.807) is 25.3 Å². The summed E-state index contributed by atoms with van der Waals surface area (Å²) in [5, 5.41) is 0. The highest BCUT2D eigenvalue weighted by atomic mass is 79.9. The fourth-order valence-electron chi connectivity index (χ4n) is 0.946. The van der Waals surface area contributed by atoms with Crippen LogP contribution < -0.4 is 4.74 Å². The van der Waals surface area contributed by atoms with Crippen molar-refractivity contribution in [1.82, 2.24) is 0 Å². The van der Waals surface area contributed by atoms with Crippen LogP contribution in [0.4, 0.5) is 0 Å². The van der Waals surface area contributed by atoms with Gasteiger partial charge in [-0.3, -0.25) is 4.79 Å². The molecule has 0 saturated heterocycles. The Balaban J connectivity index is 3.03. The molecule has 0 unspecified atom stereocenters. The van der Waals surface area contributed by atoms with Crippen LogP contribution in [0.25, 0.3) is 0 Å². The zero-order valence-corrected chi connectivity index (χ0v) is 12.0. The largest absolute Gasteiger partial charge is 0.496 e. The third-order valence-corrected chi connectivity index (χ3v) is 3.09. The van der Waals surface area contributed by atoms with Crippen molar-refractivity contribution < 1.29 is 9.53 Å². The van der Waals surface area contributed by atoms with Crippen LogP contribution in [0.3, 0.4) is 0 Å². The van der Waals surface area contributed by atoms with E-state index in [2.05, 4.69) is 47.8 Å². The van der Waals surface area contributed by atoms with Crippen LogP contribution in [0.1, 0.15) is 10.4 Å². The van der Waals surface area contributed by atoms with Crippen molar-refractivity contribution in [1.29, 1.82) is 0 Å². The summed E-state index contributed by atoms with van der Waals surface area (Å²) < 4.78 is 5.48. The average Bonchev–Trinajstić information content (AvgIpc) is 2.16. The van der Waals surface area contributed by atoms with E-state index in [4.69, 9.17) is 4.74 Å². The van der Waals surface area contributed by atoms with Crippen molar-refractivity contribution in [2.75, 3.05) is 7.11 Å². The van der Waals surface area contributed by atoms with Crippen LogP contribution in [0, 0.1) is 0 Å². The lowest BCUT2D eigenvalue weighted by atomic mass is 10.1. The molecule has 0 spiro atoms. The molecule has 0 saturated carbocycles. The van der Waals surface area contributed by atoms with Gasteiger partial charge in [0.25, 0.3) is 0 Å². The van der Waals surface area contributed by atoms with Gasteiger partial charge in [0.1, 0.15) is 9.49 Å². The van der Waals surface area contributed by atoms with Gasteiger partial charge in [-0.05, 0) is 34.1 Å². The lowest BCUT2D eigenvalue weighted by Crippen LogP contribution is -2.06. The highest BCUT2D eigenvalue weighted by Gasteiger charge is 2.14. The highest BCUT2D eigenvalue weighted by Crippen LogP contribution is 2.27. The Bertz CT molecular complexity index is 350. The van der Waals surface area contributed by atoms with Crippen molar-refractivity contribution in [3.63, 3.8) is 0 Å². The third-order valence-electron chi connectivity index (χ3n) is 1.63. The van der Waals surface area contributed by atoms with E-state index in [1.807, 2.05) is 0 Å². The molecule has 0 aliphatic heterocycles. The van der Waals surface area contributed by atoms with Gasteiger partial charge in [0.2, 0.25) is 0 Å². The maximum Gasteiger partial charge on any atom is 0.187 e. The fourth-order valence-corrected chi connectivity index (χ4v) is 2.01. The van der Waals surface area contributed by atoms with Crippen molar-refractivity contribution >= 4 is 53.6 Å². The number of rotatable bonds is 3. The molecule has 0 aliphatic carbocycles. The number of Topliss-reactive ketones (excluding diaryl/α,β-unsaturated/α-hetero) is 1. The smallest absolute Gasteiger partial charge is 0.187 e. The summed E-state index contributed by atoms with van der Waals surface area (Å²) in [6, 6.07) is 5.21. The molecule has 14 heavy (non-hydrogen) atoms. The van der Waals surface area contributed by atoms with Crippen LogP contribution >= 0.6 is 47.8 Å². The molecule has 1 rings (SSSR count). The van der Waals surface area contributed by atoms with Crippen LogP contribution in [-0.4, -0.2) is 16.6 Å². The number of carbonyl (C=O) groups excluding carboxylic acids is 1. The zero-order valence-electron chi connectivity index (χ0n) is 7.26. The quantitative estimate of drug-likeness (QED) is 0.584. The monoisotopic (exact) mass is 384 g/mol. The van der Waals surface area contributed by atoms with E-state index in [1.165, 1.54) is 0 Å². The van der Waals surface area contributed by atoms with Gasteiger partial charge < -0.3 is 4.74 Å². The minimum Gasteiger partial charge on any atom is -0.496 e. The molecule has 0 aliphatic rings. The number of halogens is 3. The number of alkyl halides is 2. The number of ketones is 1. The molecule has 0 radical (unpaired) electrons. The summed E-state index contributed by atoms with van der Waals surface area (Å²) >= 11 is 9.63. The van der Waals surface area contributed by atoms with E-state index in [0.29, 0.717) is 11.3 Å². The summed E-state index contributed by atoms with van der Waals surface area (Å²) in [5.74, 6) is 0.690. The standard InChI is InChI=1S/C9H7Br3O2/c1-14-7-3-2-5(4-6(7)10)8(13)9(11)12/h2-4,9H,1H3. The zero-order chi connectivity index (χ0) is 10.7. The number of carbonyl (C=O) groups is 1. The number of hydrogen-bond donors (Lipinski definition) is 0. The summed E-state index contributed by atoms with van der Waals surface area (Å²) in [6.45, 7) is 0. The molecule has 0 N–H and O–H groups in total. The lowest BCUT2D eigenvalue weighted by molar-refractivity contribution is 0.101. The van der Waals surface area contributed by atoms with E-state index in [9.17, 15) is 4.79 Å². The SMILES string of the molecule is COc1ccc(C(=O)C(Br)Br)cc1Br. The van der Waals surface area contributed by atoms with E-state index in [-0.39, 0.29) is 9.52 Å². The first-order chi connectivity index (χ1) is 6.56. The van der Waals surface area contributed by atoms with Crippen LogP contribution in [0.5, 0.6) is 5.75 Å². The Kier molecular flexibility index (Phi) is 4.60. The normalized spacial score (nSPS) is 10.4. The average molecular weight is 387 g/mol. The van der Waals surface area contributed by atoms with Gasteiger partial charge in [-0.2, -0.15) is 0 Å². The number of hydrogen-bond acceptors (Lipinski definition) is 2. The molecule has 0 atom stereocenters. The first-order valence-corrected chi connectivity index (χ1v) is 6.34. The second kappa shape index (κ2) is 5.28. The first-order valence-electron chi connectivity index (χ1n) is 3.72. The van der Waals surface area contributed by atoms with Gasteiger partial charge in [-0.1, -0.05) is 31.9 Å². The van der Waals surface area contributed by atoms with Gasteiger partial charge in [0.05, 0.1) is 11.6 Å². The molecule has 0 fully saturated rings. The van der Waals surface area contributed by atoms with E-state index < -0.39 is 0 Å². The molecule has 1 aromatic rings. The Morgan fingerprint density at radius 3 is 2.50 bits per heavy atom. The van der Waals surface area contributed by atoms with Gasteiger partial charge in [-0.25, -0.2) is 0 Å². The first kappa shape index (κ1) is 12.2. The summed E-state index contributed by atoms with van der Waals surface area (Å²) in [7, 11) is 1.58. The number of benzene rings is 1. The van der Waals surface area contributed by atoms with Crippen LogP contribution in [0.15, 0.2) is 22.7 Å². The Morgan fingerprint density at radius 2 is 2.07 bits per heavy atom. The number of ether oxygens (including phenoxy) is 1. The minimum atomic E-state index is -0.352. The van der Waals surface area contributed by atoms with E-state index in [0.717, 1.165) is 4.47 Å². The van der Waals surface area contributed by atoms with Gasteiger partial charge >= 0.3 is 0 Å². The Labute approximate surface area is 107 Å². The second-order valence-electron chi connectivity index (χ2n) is 2.51. The van der Waals surface area contributed by atoms with Crippen LogP contribution in [0.2, 0.25) is 0 Å².